The number of aromatic carboxylic acids is 1. The average Bonchev–Trinajstić information content (AvgIpc) is 2.59. The van der Waals surface area contributed by atoms with Crippen molar-refractivity contribution in [3.05, 3.63) is 21.0 Å². The van der Waals surface area contributed by atoms with Gasteiger partial charge in [0.2, 0.25) is 0 Å². The summed E-state index contributed by atoms with van der Waals surface area (Å²) in [5, 5.41) is 8.78. The largest absolute Gasteiger partial charge is 0.478 e. The smallest absolute Gasteiger partial charge is 0.338 e. The van der Waals surface area contributed by atoms with Crippen molar-refractivity contribution >= 4 is 51.3 Å². The van der Waals surface area contributed by atoms with Gasteiger partial charge in [0.25, 0.3) is 0 Å². The van der Waals surface area contributed by atoms with E-state index in [2.05, 4.69) is 8.75 Å². The van der Waals surface area contributed by atoms with Crippen LogP contribution < -0.4 is 0 Å². The van der Waals surface area contributed by atoms with Crippen molar-refractivity contribution in [2.24, 2.45) is 0 Å². The van der Waals surface area contributed by atoms with E-state index in [0.29, 0.717) is 9.09 Å². The highest BCUT2D eigenvalue weighted by Gasteiger charge is 2.17. The first-order chi connectivity index (χ1) is 6.61. The number of rotatable bonds is 1. The predicted molar refractivity (Wildman–Crippen MR) is 57.0 cm³/mol. The van der Waals surface area contributed by atoms with Crippen LogP contribution in [0.15, 0.2) is 6.07 Å². The molecule has 0 atom stereocenters. The van der Waals surface area contributed by atoms with Crippen molar-refractivity contribution in [1.29, 1.82) is 0 Å². The van der Waals surface area contributed by atoms with E-state index in [4.69, 9.17) is 5.11 Å². The summed E-state index contributed by atoms with van der Waals surface area (Å²) in [6.07, 6.45) is 0. The molecule has 0 amide bonds. The van der Waals surface area contributed by atoms with Crippen LogP contribution in [0, 0.1) is 9.39 Å². The van der Waals surface area contributed by atoms with Gasteiger partial charge in [-0.1, -0.05) is 0 Å². The first kappa shape index (κ1) is 9.71. The molecule has 2 aromatic rings. The number of halogens is 2. The molecule has 1 aromatic carbocycles. The van der Waals surface area contributed by atoms with Crippen LogP contribution in [0.4, 0.5) is 4.39 Å². The van der Waals surface area contributed by atoms with E-state index in [0.717, 1.165) is 17.8 Å². The maximum atomic E-state index is 13.2. The van der Waals surface area contributed by atoms with Crippen molar-refractivity contribution in [2.45, 2.75) is 0 Å². The van der Waals surface area contributed by atoms with E-state index in [1.54, 1.807) is 22.6 Å². The van der Waals surface area contributed by atoms with Gasteiger partial charge in [-0.2, -0.15) is 8.75 Å². The zero-order valence-electron chi connectivity index (χ0n) is 6.49. The fourth-order valence-corrected chi connectivity index (χ4v) is 2.31. The molecule has 1 aromatic heterocycles. The number of benzene rings is 1. The van der Waals surface area contributed by atoms with E-state index in [1.807, 2.05) is 0 Å². The summed E-state index contributed by atoms with van der Waals surface area (Å²) in [7, 11) is 0. The Labute approximate surface area is 95.2 Å². The van der Waals surface area contributed by atoms with Crippen molar-refractivity contribution in [1.82, 2.24) is 8.75 Å². The molecule has 7 heteroatoms. The number of carboxylic acid groups (broad SMARTS) is 1. The van der Waals surface area contributed by atoms with Gasteiger partial charge in [0.05, 0.1) is 20.9 Å². The molecule has 0 bridgehead atoms. The van der Waals surface area contributed by atoms with Gasteiger partial charge in [-0.3, -0.25) is 0 Å². The van der Waals surface area contributed by atoms with Gasteiger partial charge in [-0.25, -0.2) is 9.18 Å². The molecule has 4 nitrogen and oxygen atoms in total. The Morgan fingerprint density at radius 2 is 2.14 bits per heavy atom. The Morgan fingerprint density at radius 3 is 2.79 bits per heavy atom. The van der Waals surface area contributed by atoms with Gasteiger partial charge >= 0.3 is 5.97 Å². The lowest BCUT2D eigenvalue weighted by Crippen LogP contribution is -2.00. The Kier molecular flexibility index (Phi) is 2.35. The van der Waals surface area contributed by atoms with E-state index in [-0.39, 0.29) is 11.1 Å². The summed E-state index contributed by atoms with van der Waals surface area (Å²) in [5.74, 6) is -1.78. The summed E-state index contributed by atoms with van der Waals surface area (Å²) in [5.41, 5.74) is 0.410. The third-order valence-electron chi connectivity index (χ3n) is 1.66. The zero-order chi connectivity index (χ0) is 10.3. The molecule has 0 radical (unpaired) electrons. The van der Waals surface area contributed by atoms with Gasteiger partial charge < -0.3 is 5.11 Å². The molecule has 0 saturated heterocycles. The van der Waals surface area contributed by atoms with Crippen LogP contribution in [0.5, 0.6) is 0 Å². The second kappa shape index (κ2) is 3.39. The number of hydrogen-bond acceptors (Lipinski definition) is 4. The number of hydrogen-bond donors (Lipinski definition) is 1. The second-order valence-electron chi connectivity index (χ2n) is 2.49. The molecule has 0 aliphatic heterocycles. The highest BCUT2D eigenvalue weighted by molar-refractivity contribution is 14.1. The lowest BCUT2D eigenvalue weighted by atomic mass is 10.2. The van der Waals surface area contributed by atoms with Gasteiger partial charge in [-0.05, 0) is 28.7 Å². The molecule has 0 unspecified atom stereocenters. The van der Waals surface area contributed by atoms with Gasteiger partial charge in [-0.15, -0.1) is 0 Å². The second-order valence-corrected chi connectivity index (χ2v) is 4.09. The minimum atomic E-state index is -1.20. The molecule has 72 valence electrons. The predicted octanol–water partition coefficient (Wildman–Crippen LogP) is 2.13. The topological polar surface area (TPSA) is 63.1 Å². The minimum Gasteiger partial charge on any atom is -0.478 e. The highest BCUT2D eigenvalue weighted by atomic mass is 127. The van der Waals surface area contributed by atoms with Crippen LogP contribution in [0.25, 0.3) is 11.0 Å². The van der Waals surface area contributed by atoms with E-state index in [1.165, 1.54) is 0 Å². The number of carboxylic acids is 1. The molecule has 0 aliphatic rings. The summed E-state index contributed by atoms with van der Waals surface area (Å²) in [6, 6.07) is 0.966. The van der Waals surface area contributed by atoms with Gasteiger partial charge in [0.1, 0.15) is 16.9 Å². The molecule has 0 fully saturated rings. The summed E-state index contributed by atoms with van der Waals surface area (Å²) in [4.78, 5) is 10.7. The van der Waals surface area contributed by atoms with Crippen LogP contribution >= 0.6 is 34.3 Å². The van der Waals surface area contributed by atoms with Crippen LogP contribution in [0.1, 0.15) is 10.4 Å². The third-order valence-corrected chi connectivity index (χ3v) is 3.22. The molecular weight excluding hydrogens is 322 g/mol. The fourth-order valence-electron chi connectivity index (χ4n) is 1.04. The van der Waals surface area contributed by atoms with Gasteiger partial charge in [0, 0.05) is 0 Å². The van der Waals surface area contributed by atoms with Gasteiger partial charge in [0.15, 0.2) is 0 Å². The molecule has 1 N–H and O–H groups in total. The Balaban J connectivity index is 2.91. The Morgan fingerprint density at radius 1 is 1.50 bits per heavy atom. The maximum absolute atomic E-state index is 13.2. The Hall–Kier alpha value is -0.830. The molecule has 0 saturated carbocycles. The Bertz CT molecular complexity index is 528. The lowest BCUT2D eigenvalue weighted by molar-refractivity contribution is 0.0698. The lowest BCUT2D eigenvalue weighted by Gasteiger charge is -1.98. The van der Waals surface area contributed by atoms with E-state index >= 15 is 0 Å². The summed E-state index contributed by atoms with van der Waals surface area (Å²) < 4.78 is 21.2. The average molecular weight is 324 g/mol. The van der Waals surface area contributed by atoms with Crippen LogP contribution in [-0.4, -0.2) is 19.8 Å². The number of fused-ring (bicyclic) bond motifs is 1. The normalized spacial score (nSPS) is 10.7. The first-order valence-electron chi connectivity index (χ1n) is 3.45. The molecule has 14 heavy (non-hydrogen) atoms. The first-order valence-corrected chi connectivity index (χ1v) is 5.25. The van der Waals surface area contributed by atoms with Crippen LogP contribution in [0.2, 0.25) is 0 Å². The molecular formula is C7H2FIN2O2S. The number of nitrogens with zero attached hydrogens (tertiary/aromatic N) is 2. The van der Waals surface area contributed by atoms with E-state index in [9.17, 15) is 9.18 Å². The van der Waals surface area contributed by atoms with E-state index < -0.39 is 11.8 Å². The van der Waals surface area contributed by atoms with Crippen molar-refractivity contribution in [2.75, 3.05) is 0 Å². The number of aromatic nitrogens is 2. The summed E-state index contributed by atoms with van der Waals surface area (Å²) >= 11 is 2.65. The maximum Gasteiger partial charge on any atom is 0.338 e. The SMILES string of the molecule is O=C(O)c1cc(F)c(I)c2nsnc12. The zero-order valence-corrected chi connectivity index (χ0v) is 9.47. The third kappa shape index (κ3) is 1.36. The molecule has 0 spiro atoms. The van der Waals surface area contributed by atoms with Crippen LogP contribution in [-0.2, 0) is 0 Å². The van der Waals surface area contributed by atoms with Crippen LogP contribution in [0.3, 0.4) is 0 Å². The summed E-state index contributed by atoms with van der Waals surface area (Å²) in [6.45, 7) is 0. The standard InChI is InChI=1S/C7H2FIN2O2S/c8-3-1-2(7(12)13)5-6(4(3)9)11-14-10-5/h1H,(H,12,13). The quantitative estimate of drug-likeness (QED) is 0.817. The fraction of sp³-hybridized carbons (Fsp3) is 0. The molecule has 0 aliphatic carbocycles. The van der Waals surface area contributed by atoms with Crippen molar-refractivity contribution in [3.63, 3.8) is 0 Å². The van der Waals surface area contributed by atoms with Crippen molar-refractivity contribution < 1.29 is 14.3 Å². The minimum absolute atomic E-state index is 0.147. The molecule has 2 rings (SSSR count). The highest BCUT2D eigenvalue weighted by Crippen LogP contribution is 2.25. The van der Waals surface area contributed by atoms with Crippen molar-refractivity contribution in [3.8, 4) is 0 Å². The molecule has 1 heterocycles. The number of carbonyl (C=O) groups is 1. The monoisotopic (exact) mass is 324 g/mol.